The van der Waals surface area contributed by atoms with Gasteiger partial charge in [-0.05, 0) is 6.07 Å². The van der Waals surface area contributed by atoms with Crippen molar-refractivity contribution in [3.63, 3.8) is 0 Å². The first-order valence-corrected chi connectivity index (χ1v) is 4.81. The highest BCUT2D eigenvalue weighted by Crippen LogP contribution is 2.26. The minimum Gasteiger partial charge on any atom is -0.395 e. The lowest BCUT2D eigenvalue weighted by Gasteiger charge is -2.10. The largest absolute Gasteiger partial charge is 0.395 e. The van der Waals surface area contributed by atoms with Crippen LogP contribution in [-0.4, -0.2) is 39.9 Å². The van der Waals surface area contributed by atoms with Crippen LogP contribution in [0.5, 0.6) is 0 Å². The fourth-order valence-electron chi connectivity index (χ4n) is 1.70. The summed E-state index contributed by atoms with van der Waals surface area (Å²) in [6.07, 6.45) is 0. The Morgan fingerprint density at radius 3 is 2.47 bits per heavy atom. The van der Waals surface area contributed by atoms with Crippen LogP contribution < -0.4 is 0 Å². The van der Waals surface area contributed by atoms with Crippen LogP contribution in [0.3, 0.4) is 0 Å². The molecule has 7 heteroatoms. The van der Waals surface area contributed by atoms with Gasteiger partial charge in [-0.25, -0.2) is 0 Å². The highest BCUT2D eigenvalue weighted by atomic mass is 16.6. The van der Waals surface area contributed by atoms with Crippen molar-refractivity contribution < 1.29 is 19.6 Å². The molecule has 2 rings (SSSR count). The van der Waals surface area contributed by atoms with Gasteiger partial charge in [0.25, 0.3) is 17.5 Å². The number of β-amino-alcohol motifs (C(OH)–C–C–N with tert-alkyl or cyclic N) is 1. The van der Waals surface area contributed by atoms with Gasteiger partial charge in [0, 0.05) is 12.1 Å². The lowest BCUT2D eigenvalue weighted by atomic mass is 10.1. The number of non-ortho nitro benzene ring substituents is 1. The molecule has 0 bridgehead atoms. The number of nitro groups is 1. The van der Waals surface area contributed by atoms with E-state index >= 15 is 0 Å². The minimum absolute atomic E-state index is 0.0117. The normalized spacial score (nSPS) is 14.1. The summed E-state index contributed by atoms with van der Waals surface area (Å²) < 4.78 is 0. The van der Waals surface area contributed by atoms with E-state index in [4.69, 9.17) is 5.11 Å². The minimum atomic E-state index is -0.632. The molecule has 0 saturated heterocycles. The van der Waals surface area contributed by atoms with Crippen molar-refractivity contribution in [3.8, 4) is 0 Å². The first-order valence-electron chi connectivity index (χ1n) is 4.81. The van der Waals surface area contributed by atoms with Crippen molar-refractivity contribution in [2.45, 2.75) is 0 Å². The molecule has 1 aliphatic heterocycles. The Labute approximate surface area is 95.4 Å². The molecule has 88 valence electrons. The Balaban J connectivity index is 2.47. The number of carbonyl (C=O) groups is 2. The van der Waals surface area contributed by atoms with Gasteiger partial charge >= 0.3 is 0 Å². The molecule has 7 nitrogen and oxygen atoms in total. The van der Waals surface area contributed by atoms with Crippen LogP contribution in [0.25, 0.3) is 0 Å². The summed E-state index contributed by atoms with van der Waals surface area (Å²) in [7, 11) is 0. The standard InChI is InChI=1S/C10H8N2O5/c13-4-3-11-9(14)7-2-1-6(12(16)17)5-8(7)10(11)15/h1-2,5,13H,3-4H2. The molecule has 0 spiro atoms. The molecule has 17 heavy (non-hydrogen) atoms. The predicted molar refractivity (Wildman–Crippen MR) is 55.5 cm³/mol. The smallest absolute Gasteiger partial charge is 0.270 e. The van der Waals surface area contributed by atoms with Crippen LogP contribution in [0.1, 0.15) is 20.7 Å². The van der Waals surface area contributed by atoms with Crippen molar-refractivity contribution in [1.29, 1.82) is 0 Å². The Morgan fingerprint density at radius 1 is 1.24 bits per heavy atom. The van der Waals surface area contributed by atoms with Gasteiger partial charge < -0.3 is 5.11 Å². The molecule has 0 aliphatic carbocycles. The quantitative estimate of drug-likeness (QED) is 0.458. The zero-order valence-corrected chi connectivity index (χ0v) is 8.62. The summed E-state index contributed by atoms with van der Waals surface area (Å²) in [4.78, 5) is 34.2. The Kier molecular flexibility index (Phi) is 2.60. The number of nitro benzene ring substituents is 1. The third-order valence-electron chi connectivity index (χ3n) is 2.49. The van der Waals surface area contributed by atoms with Crippen LogP contribution in [0.2, 0.25) is 0 Å². The summed E-state index contributed by atoms with van der Waals surface area (Å²) >= 11 is 0. The van der Waals surface area contributed by atoms with E-state index in [1.807, 2.05) is 0 Å². The van der Waals surface area contributed by atoms with E-state index in [0.29, 0.717) is 0 Å². The third kappa shape index (κ3) is 1.66. The molecule has 0 saturated carbocycles. The molecule has 0 atom stereocenters. The average molecular weight is 236 g/mol. The molecule has 0 unspecified atom stereocenters. The summed E-state index contributed by atoms with van der Waals surface area (Å²) in [5.74, 6) is -1.14. The second-order valence-corrected chi connectivity index (χ2v) is 3.47. The van der Waals surface area contributed by atoms with Crippen LogP contribution in [-0.2, 0) is 0 Å². The van der Waals surface area contributed by atoms with Gasteiger partial charge in [-0.2, -0.15) is 0 Å². The second kappa shape index (κ2) is 3.95. The number of hydrogen-bond acceptors (Lipinski definition) is 5. The SMILES string of the molecule is O=C1c2ccc([N+](=O)[O-])cc2C(=O)N1CCO. The van der Waals surface area contributed by atoms with Gasteiger partial charge in [0.05, 0.1) is 29.2 Å². The molecule has 1 aromatic carbocycles. The maximum absolute atomic E-state index is 11.7. The molecular weight excluding hydrogens is 228 g/mol. The number of rotatable bonds is 3. The fourth-order valence-corrected chi connectivity index (χ4v) is 1.70. The predicted octanol–water partition coefficient (Wildman–Crippen LogP) is 0.183. The molecule has 0 aromatic heterocycles. The van der Waals surface area contributed by atoms with Crippen molar-refractivity contribution >= 4 is 17.5 Å². The van der Waals surface area contributed by atoms with Gasteiger partial charge in [-0.15, -0.1) is 0 Å². The molecule has 2 amide bonds. The zero-order valence-electron chi connectivity index (χ0n) is 8.62. The number of carbonyl (C=O) groups excluding carboxylic acids is 2. The number of aliphatic hydroxyl groups excluding tert-OH is 1. The van der Waals surface area contributed by atoms with Gasteiger partial charge in [0.2, 0.25) is 0 Å². The van der Waals surface area contributed by atoms with Crippen molar-refractivity contribution in [2.75, 3.05) is 13.2 Å². The summed E-state index contributed by atoms with van der Waals surface area (Å²) in [5.41, 5.74) is -0.0950. The first kappa shape index (κ1) is 11.2. The van der Waals surface area contributed by atoms with Crippen molar-refractivity contribution in [2.24, 2.45) is 0 Å². The molecule has 0 fully saturated rings. The number of hydrogen-bond donors (Lipinski definition) is 1. The van der Waals surface area contributed by atoms with E-state index < -0.39 is 16.7 Å². The van der Waals surface area contributed by atoms with Gasteiger partial charge in [0.15, 0.2) is 0 Å². The number of aliphatic hydroxyl groups is 1. The van der Waals surface area contributed by atoms with E-state index in [2.05, 4.69) is 0 Å². The van der Waals surface area contributed by atoms with Crippen molar-refractivity contribution in [1.82, 2.24) is 4.90 Å². The van der Waals surface area contributed by atoms with Crippen molar-refractivity contribution in [3.05, 3.63) is 39.4 Å². The Bertz CT molecular complexity index is 525. The first-order chi connectivity index (χ1) is 8.06. The highest BCUT2D eigenvalue weighted by molar-refractivity contribution is 6.21. The molecule has 1 heterocycles. The summed E-state index contributed by atoms with van der Waals surface area (Å²) in [6.45, 7) is -0.451. The average Bonchev–Trinajstić information content (AvgIpc) is 2.54. The lowest BCUT2D eigenvalue weighted by molar-refractivity contribution is -0.384. The third-order valence-corrected chi connectivity index (χ3v) is 2.49. The summed E-state index contributed by atoms with van der Waals surface area (Å²) in [6, 6.07) is 3.50. The fraction of sp³-hybridized carbons (Fsp3) is 0.200. The van der Waals surface area contributed by atoms with Gasteiger partial charge in [0.1, 0.15) is 0 Å². The monoisotopic (exact) mass is 236 g/mol. The molecular formula is C10H8N2O5. The lowest BCUT2D eigenvalue weighted by Crippen LogP contribution is -2.32. The topological polar surface area (TPSA) is 101 Å². The van der Waals surface area contributed by atoms with E-state index in [0.717, 1.165) is 11.0 Å². The second-order valence-electron chi connectivity index (χ2n) is 3.47. The van der Waals surface area contributed by atoms with E-state index in [-0.39, 0.29) is 30.0 Å². The molecule has 0 radical (unpaired) electrons. The Morgan fingerprint density at radius 2 is 1.88 bits per heavy atom. The van der Waals surface area contributed by atoms with Crippen LogP contribution in [0.15, 0.2) is 18.2 Å². The molecule has 1 N–H and O–H groups in total. The number of nitrogens with zero attached hydrogens (tertiary/aromatic N) is 2. The summed E-state index contributed by atoms with van der Waals surface area (Å²) in [5, 5.41) is 19.3. The highest BCUT2D eigenvalue weighted by Gasteiger charge is 2.36. The van der Waals surface area contributed by atoms with Gasteiger partial charge in [-0.1, -0.05) is 0 Å². The van der Waals surface area contributed by atoms with E-state index in [9.17, 15) is 19.7 Å². The number of amides is 2. The Hall–Kier alpha value is -2.28. The molecule has 1 aromatic rings. The van der Waals surface area contributed by atoms with Crippen LogP contribution in [0.4, 0.5) is 5.69 Å². The number of imide groups is 1. The van der Waals surface area contributed by atoms with E-state index in [1.165, 1.54) is 12.1 Å². The van der Waals surface area contributed by atoms with E-state index in [1.54, 1.807) is 0 Å². The maximum atomic E-state index is 11.7. The maximum Gasteiger partial charge on any atom is 0.270 e. The van der Waals surface area contributed by atoms with Crippen LogP contribution in [0, 0.1) is 10.1 Å². The zero-order chi connectivity index (χ0) is 12.6. The van der Waals surface area contributed by atoms with Crippen LogP contribution >= 0.6 is 0 Å². The van der Waals surface area contributed by atoms with Gasteiger partial charge in [-0.3, -0.25) is 24.6 Å². The number of fused-ring (bicyclic) bond motifs is 1. The number of benzene rings is 1. The molecule has 1 aliphatic rings.